The third-order valence-corrected chi connectivity index (χ3v) is 5.39. The lowest BCUT2D eigenvalue weighted by molar-refractivity contribution is -0.117. The van der Waals surface area contributed by atoms with Crippen molar-refractivity contribution in [3.05, 3.63) is 57.3 Å². The molecule has 0 bridgehead atoms. The standard InChI is InChI=1S/C21H22BrN3O/c1-14-10-16(15(2)25(14)20-9-5-6-18(22)12-20)11-17(13-23)21(26)24-19-7-3-4-8-19/h5-6,9-12,19H,3-4,7-8H2,1-2H3,(H,24,26)/b17-11-. The van der Waals surface area contributed by atoms with Crippen molar-refractivity contribution in [3.63, 3.8) is 0 Å². The minimum Gasteiger partial charge on any atom is -0.349 e. The van der Waals surface area contributed by atoms with Gasteiger partial charge >= 0.3 is 0 Å². The quantitative estimate of drug-likeness (QED) is 0.578. The van der Waals surface area contributed by atoms with E-state index >= 15 is 0 Å². The molecule has 0 unspecified atom stereocenters. The van der Waals surface area contributed by atoms with E-state index in [-0.39, 0.29) is 17.5 Å². The van der Waals surface area contributed by atoms with Crippen LogP contribution in [-0.4, -0.2) is 16.5 Å². The summed E-state index contributed by atoms with van der Waals surface area (Å²) < 4.78 is 3.13. The highest BCUT2D eigenvalue weighted by atomic mass is 79.9. The molecule has 134 valence electrons. The first kappa shape index (κ1) is 18.5. The van der Waals surface area contributed by atoms with Gasteiger partial charge in [-0.15, -0.1) is 0 Å². The number of halogens is 1. The van der Waals surface area contributed by atoms with Crippen LogP contribution in [0.15, 0.2) is 40.4 Å². The highest BCUT2D eigenvalue weighted by Gasteiger charge is 2.20. The van der Waals surface area contributed by atoms with Crippen LogP contribution in [0.4, 0.5) is 0 Å². The van der Waals surface area contributed by atoms with Gasteiger partial charge in [-0.05, 0) is 62.6 Å². The van der Waals surface area contributed by atoms with Crippen LogP contribution < -0.4 is 5.32 Å². The molecule has 1 aliphatic rings. The number of carbonyl (C=O) groups is 1. The van der Waals surface area contributed by atoms with Gasteiger partial charge in [0.05, 0.1) is 0 Å². The number of benzene rings is 1. The van der Waals surface area contributed by atoms with Gasteiger partial charge in [0, 0.05) is 27.6 Å². The molecule has 1 saturated carbocycles. The van der Waals surface area contributed by atoms with Crippen molar-refractivity contribution < 1.29 is 4.79 Å². The number of nitriles is 1. The van der Waals surface area contributed by atoms with Gasteiger partial charge in [-0.3, -0.25) is 4.79 Å². The Bertz CT molecular complexity index is 898. The number of rotatable bonds is 4. The number of nitrogens with one attached hydrogen (secondary N) is 1. The van der Waals surface area contributed by atoms with Crippen LogP contribution in [0.1, 0.15) is 42.6 Å². The summed E-state index contributed by atoms with van der Waals surface area (Å²) >= 11 is 3.51. The van der Waals surface area contributed by atoms with Crippen molar-refractivity contribution in [1.82, 2.24) is 9.88 Å². The van der Waals surface area contributed by atoms with Crippen molar-refractivity contribution in [3.8, 4) is 11.8 Å². The van der Waals surface area contributed by atoms with Crippen LogP contribution in [0.3, 0.4) is 0 Å². The van der Waals surface area contributed by atoms with Gasteiger partial charge in [0.2, 0.25) is 0 Å². The molecule has 0 radical (unpaired) electrons. The van der Waals surface area contributed by atoms with Crippen LogP contribution in [0.5, 0.6) is 0 Å². The van der Waals surface area contributed by atoms with Gasteiger partial charge in [-0.25, -0.2) is 0 Å². The molecule has 5 heteroatoms. The number of aromatic nitrogens is 1. The van der Waals surface area contributed by atoms with Gasteiger partial charge in [0.15, 0.2) is 0 Å². The second-order valence-electron chi connectivity index (χ2n) is 6.77. The van der Waals surface area contributed by atoms with E-state index in [1.54, 1.807) is 6.08 Å². The fourth-order valence-corrected chi connectivity index (χ4v) is 3.97. The molecular weight excluding hydrogens is 390 g/mol. The zero-order chi connectivity index (χ0) is 18.7. The van der Waals surface area contributed by atoms with Crippen molar-refractivity contribution in [2.45, 2.75) is 45.6 Å². The Morgan fingerprint density at radius 3 is 2.69 bits per heavy atom. The third-order valence-electron chi connectivity index (χ3n) is 4.89. The Hall–Kier alpha value is -2.32. The number of amides is 1. The van der Waals surface area contributed by atoms with Crippen molar-refractivity contribution in [2.75, 3.05) is 0 Å². The molecule has 1 aromatic carbocycles. The van der Waals surface area contributed by atoms with Crippen LogP contribution in [0.2, 0.25) is 0 Å². The molecule has 26 heavy (non-hydrogen) atoms. The Morgan fingerprint density at radius 1 is 1.31 bits per heavy atom. The number of hydrogen-bond acceptors (Lipinski definition) is 2. The first-order valence-corrected chi connectivity index (χ1v) is 9.66. The molecule has 1 N–H and O–H groups in total. The Balaban J connectivity index is 1.91. The maximum atomic E-state index is 12.4. The SMILES string of the molecule is Cc1cc(/C=C(/C#N)C(=O)NC2CCCC2)c(C)n1-c1cccc(Br)c1. The Morgan fingerprint density at radius 2 is 2.04 bits per heavy atom. The monoisotopic (exact) mass is 411 g/mol. The topological polar surface area (TPSA) is 57.8 Å². The molecule has 4 nitrogen and oxygen atoms in total. The maximum Gasteiger partial charge on any atom is 0.262 e. The van der Waals surface area contributed by atoms with Gasteiger partial charge < -0.3 is 9.88 Å². The highest BCUT2D eigenvalue weighted by molar-refractivity contribution is 9.10. The van der Waals surface area contributed by atoms with Crippen molar-refractivity contribution >= 4 is 27.9 Å². The van der Waals surface area contributed by atoms with Gasteiger partial charge in [0.1, 0.15) is 11.6 Å². The van der Waals surface area contributed by atoms with E-state index < -0.39 is 0 Å². The lowest BCUT2D eigenvalue weighted by Gasteiger charge is -2.11. The summed E-state index contributed by atoms with van der Waals surface area (Å²) in [6.45, 7) is 4.03. The number of hydrogen-bond donors (Lipinski definition) is 1. The summed E-state index contributed by atoms with van der Waals surface area (Å²) in [7, 11) is 0. The molecule has 1 heterocycles. The second-order valence-corrected chi connectivity index (χ2v) is 7.68. The number of carbonyl (C=O) groups excluding carboxylic acids is 1. The predicted octanol–water partition coefficient (Wildman–Crippen LogP) is 4.82. The van der Waals surface area contributed by atoms with E-state index in [1.807, 2.05) is 44.2 Å². The second kappa shape index (κ2) is 7.92. The number of nitrogens with zero attached hydrogens (tertiary/aromatic N) is 2. The molecule has 0 atom stereocenters. The van der Waals surface area contributed by atoms with E-state index in [0.717, 1.165) is 52.8 Å². The van der Waals surface area contributed by atoms with Gasteiger partial charge in [0.25, 0.3) is 5.91 Å². The summed E-state index contributed by atoms with van der Waals surface area (Å²) in [6, 6.07) is 12.3. The van der Waals surface area contributed by atoms with E-state index in [1.165, 1.54) is 0 Å². The first-order chi connectivity index (χ1) is 12.5. The zero-order valence-electron chi connectivity index (χ0n) is 15.1. The summed E-state index contributed by atoms with van der Waals surface area (Å²) in [5, 5.41) is 12.4. The summed E-state index contributed by atoms with van der Waals surface area (Å²) in [6.07, 6.45) is 5.99. The van der Waals surface area contributed by atoms with Crippen LogP contribution >= 0.6 is 15.9 Å². The van der Waals surface area contributed by atoms with E-state index in [0.29, 0.717) is 0 Å². The smallest absolute Gasteiger partial charge is 0.262 e. The first-order valence-electron chi connectivity index (χ1n) is 8.87. The van der Waals surface area contributed by atoms with Crippen LogP contribution in [0.25, 0.3) is 11.8 Å². The molecule has 2 aromatic rings. The highest BCUT2D eigenvalue weighted by Crippen LogP contribution is 2.25. The summed E-state index contributed by atoms with van der Waals surface area (Å²) in [5.41, 5.74) is 4.15. The lowest BCUT2D eigenvalue weighted by Crippen LogP contribution is -2.33. The minimum absolute atomic E-state index is 0.159. The normalized spacial score (nSPS) is 15.1. The summed E-state index contributed by atoms with van der Waals surface area (Å²) in [5.74, 6) is -0.272. The van der Waals surface area contributed by atoms with Crippen LogP contribution in [-0.2, 0) is 4.79 Å². The average molecular weight is 412 g/mol. The molecule has 1 amide bonds. The predicted molar refractivity (Wildman–Crippen MR) is 107 cm³/mol. The Labute approximate surface area is 162 Å². The zero-order valence-corrected chi connectivity index (χ0v) is 16.6. The van der Waals surface area contributed by atoms with Crippen molar-refractivity contribution in [2.24, 2.45) is 0 Å². The van der Waals surface area contributed by atoms with Gasteiger partial charge in [-0.1, -0.05) is 34.8 Å². The minimum atomic E-state index is -0.272. The fraction of sp³-hybridized carbons (Fsp3) is 0.333. The molecule has 1 fully saturated rings. The maximum absolute atomic E-state index is 12.4. The molecule has 0 aliphatic heterocycles. The largest absolute Gasteiger partial charge is 0.349 e. The summed E-state index contributed by atoms with van der Waals surface area (Å²) in [4.78, 5) is 12.4. The van der Waals surface area contributed by atoms with Crippen LogP contribution in [0, 0.1) is 25.2 Å². The van der Waals surface area contributed by atoms with Crippen molar-refractivity contribution in [1.29, 1.82) is 5.26 Å². The Kier molecular flexibility index (Phi) is 5.63. The average Bonchev–Trinajstić information content (AvgIpc) is 3.20. The molecule has 3 rings (SSSR count). The molecule has 0 spiro atoms. The van der Waals surface area contributed by atoms with Gasteiger partial charge in [-0.2, -0.15) is 5.26 Å². The molecular formula is C21H22BrN3O. The van der Waals surface area contributed by atoms with E-state index in [9.17, 15) is 10.1 Å². The van der Waals surface area contributed by atoms with E-state index in [2.05, 4.69) is 31.9 Å². The number of aryl methyl sites for hydroxylation is 1. The lowest BCUT2D eigenvalue weighted by atomic mass is 10.1. The fourth-order valence-electron chi connectivity index (χ4n) is 3.58. The third kappa shape index (κ3) is 3.91. The molecule has 1 aromatic heterocycles. The molecule has 0 saturated heterocycles. The molecule has 1 aliphatic carbocycles. The van der Waals surface area contributed by atoms with E-state index in [4.69, 9.17) is 0 Å².